The van der Waals surface area contributed by atoms with Crippen LogP contribution in [-0.2, 0) is 16.4 Å². The molecular formula is C14H17ClN2O2S2. The van der Waals surface area contributed by atoms with E-state index in [9.17, 15) is 8.42 Å². The van der Waals surface area contributed by atoms with Crippen molar-refractivity contribution in [2.24, 2.45) is 0 Å². The molecule has 2 aromatic rings. The van der Waals surface area contributed by atoms with E-state index in [-0.39, 0.29) is 5.75 Å². The summed E-state index contributed by atoms with van der Waals surface area (Å²) in [6.45, 7) is 2.21. The highest BCUT2D eigenvalue weighted by Crippen LogP contribution is 2.30. The van der Waals surface area contributed by atoms with Crippen LogP contribution < -0.4 is 4.72 Å². The van der Waals surface area contributed by atoms with E-state index in [1.54, 1.807) is 0 Å². The van der Waals surface area contributed by atoms with E-state index < -0.39 is 10.0 Å². The number of nitrogens with one attached hydrogen (secondary N) is 1. The number of thiazole rings is 1. The number of hydrogen-bond donors (Lipinski definition) is 1. The topological polar surface area (TPSA) is 59.1 Å². The Labute approximate surface area is 134 Å². The van der Waals surface area contributed by atoms with Gasteiger partial charge in [0.2, 0.25) is 10.0 Å². The average molecular weight is 345 g/mol. The molecule has 1 aromatic heterocycles. The van der Waals surface area contributed by atoms with Gasteiger partial charge in [-0.1, -0.05) is 36.7 Å². The lowest BCUT2D eigenvalue weighted by molar-refractivity contribution is 0.580. The van der Waals surface area contributed by atoms with Gasteiger partial charge in [0.1, 0.15) is 5.01 Å². The molecule has 1 N–H and O–H groups in total. The summed E-state index contributed by atoms with van der Waals surface area (Å²) < 4.78 is 25.7. The maximum Gasteiger partial charge on any atom is 0.211 e. The average Bonchev–Trinajstić information content (AvgIpc) is 2.87. The van der Waals surface area contributed by atoms with Gasteiger partial charge in [-0.3, -0.25) is 0 Å². The summed E-state index contributed by atoms with van der Waals surface area (Å²) in [5, 5.41) is 3.46. The van der Waals surface area contributed by atoms with Gasteiger partial charge in [-0.05, 0) is 12.5 Å². The smallest absolute Gasteiger partial charge is 0.211 e. The largest absolute Gasteiger partial charge is 0.241 e. The molecule has 1 aromatic carbocycles. The molecule has 4 nitrogen and oxygen atoms in total. The summed E-state index contributed by atoms with van der Waals surface area (Å²) >= 11 is 7.65. The lowest BCUT2D eigenvalue weighted by Gasteiger charge is -2.03. The molecule has 1 heterocycles. The van der Waals surface area contributed by atoms with Crippen LogP contribution in [0.2, 0.25) is 5.02 Å². The molecule has 2 rings (SSSR count). The SMILES string of the molecule is CCCS(=O)(=O)NCCc1csc(-c2ccccc2Cl)n1. The lowest BCUT2D eigenvalue weighted by Crippen LogP contribution is -2.28. The van der Waals surface area contributed by atoms with Crippen molar-refractivity contribution in [3.8, 4) is 10.6 Å². The van der Waals surface area contributed by atoms with Crippen LogP contribution in [0.25, 0.3) is 10.6 Å². The Bertz CT molecular complexity index is 699. The molecule has 114 valence electrons. The van der Waals surface area contributed by atoms with Crippen LogP contribution in [0.1, 0.15) is 19.0 Å². The first-order valence-corrected chi connectivity index (χ1v) is 9.59. The van der Waals surface area contributed by atoms with Crippen LogP contribution in [0, 0.1) is 0 Å². The number of benzene rings is 1. The van der Waals surface area contributed by atoms with Crippen LogP contribution in [0.4, 0.5) is 0 Å². The van der Waals surface area contributed by atoms with Crippen molar-refractivity contribution in [1.82, 2.24) is 9.71 Å². The minimum atomic E-state index is -3.15. The highest BCUT2D eigenvalue weighted by atomic mass is 35.5. The fraction of sp³-hybridized carbons (Fsp3) is 0.357. The molecule has 0 atom stereocenters. The maximum absolute atomic E-state index is 11.5. The summed E-state index contributed by atoms with van der Waals surface area (Å²) in [6, 6.07) is 7.55. The lowest BCUT2D eigenvalue weighted by atomic mass is 10.2. The quantitative estimate of drug-likeness (QED) is 0.838. The number of hydrogen-bond acceptors (Lipinski definition) is 4. The number of halogens is 1. The molecule has 0 saturated carbocycles. The molecule has 0 radical (unpaired) electrons. The van der Waals surface area contributed by atoms with Crippen molar-refractivity contribution in [3.63, 3.8) is 0 Å². The standard InChI is InChI=1S/C14H17ClN2O2S2/c1-2-9-21(18,19)16-8-7-11-10-20-14(17-11)12-5-3-4-6-13(12)15/h3-6,10,16H,2,7-9H2,1H3. The molecular weight excluding hydrogens is 328 g/mol. The zero-order chi connectivity index (χ0) is 15.3. The van der Waals surface area contributed by atoms with Crippen LogP contribution >= 0.6 is 22.9 Å². The van der Waals surface area contributed by atoms with E-state index >= 15 is 0 Å². The molecule has 0 bridgehead atoms. The van der Waals surface area contributed by atoms with Crippen molar-refractivity contribution >= 4 is 33.0 Å². The van der Waals surface area contributed by atoms with Gasteiger partial charge in [0.15, 0.2) is 0 Å². The van der Waals surface area contributed by atoms with Crippen LogP contribution in [0.3, 0.4) is 0 Å². The van der Waals surface area contributed by atoms with Gasteiger partial charge in [-0.15, -0.1) is 11.3 Å². The van der Waals surface area contributed by atoms with Crippen molar-refractivity contribution in [1.29, 1.82) is 0 Å². The zero-order valence-electron chi connectivity index (χ0n) is 11.7. The molecule has 0 spiro atoms. The van der Waals surface area contributed by atoms with E-state index in [0.29, 0.717) is 24.4 Å². The Morgan fingerprint density at radius 1 is 1.33 bits per heavy atom. The summed E-state index contributed by atoms with van der Waals surface area (Å²) in [5.74, 6) is 0.162. The Balaban J connectivity index is 1.97. The van der Waals surface area contributed by atoms with Crippen molar-refractivity contribution in [3.05, 3.63) is 40.4 Å². The Morgan fingerprint density at radius 2 is 2.10 bits per heavy atom. The van der Waals surface area contributed by atoms with Crippen molar-refractivity contribution < 1.29 is 8.42 Å². The van der Waals surface area contributed by atoms with Crippen LogP contribution in [0.15, 0.2) is 29.6 Å². The predicted octanol–water partition coefficient (Wildman–Crippen LogP) is 3.34. The first-order chi connectivity index (χ1) is 10.0. The first-order valence-electron chi connectivity index (χ1n) is 6.68. The number of aromatic nitrogens is 1. The molecule has 0 aliphatic carbocycles. The maximum atomic E-state index is 11.5. The fourth-order valence-electron chi connectivity index (χ4n) is 1.86. The predicted molar refractivity (Wildman–Crippen MR) is 88.3 cm³/mol. The molecule has 0 aliphatic rings. The summed E-state index contributed by atoms with van der Waals surface area (Å²) in [6.07, 6.45) is 1.19. The van der Waals surface area contributed by atoms with E-state index in [1.807, 2.05) is 36.6 Å². The normalized spacial score (nSPS) is 11.7. The third-order valence-electron chi connectivity index (χ3n) is 2.83. The highest BCUT2D eigenvalue weighted by Gasteiger charge is 2.10. The number of nitrogens with zero attached hydrogens (tertiary/aromatic N) is 1. The van der Waals surface area contributed by atoms with Gasteiger partial charge in [0.25, 0.3) is 0 Å². The highest BCUT2D eigenvalue weighted by molar-refractivity contribution is 7.89. The minimum Gasteiger partial charge on any atom is -0.241 e. The summed E-state index contributed by atoms with van der Waals surface area (Å²) in [7, 11) is -3.15. The molecule has 0 fully saturated rings. The van der Waals surface area contributed by atoms with E-state index in [0.717, 1.165) is 16.3 Å². The first kappa shape index (κ1) is 16.4. The third-order valence-corrected chi connectivity index (χ3v) is 5.68. The van der Waals surface area contributed by atoms with Crippen LogP contribution in [-0.4, -0.2) is 25.7 Å². The van der Waals surface area contributed by atoms with Gasteiger partial charge in [0, 0.05) is 23.9 Å². The Morgan fingerprint density at radius 3 is 2.81 bits per heavy atom. The summed E-state index contributed by atoms with van der Waals surface area (Å²) in [4.78, 5) is 4.51. The second kappa shape index (κ2) is 7.35. The number of rotatable bonds is 7. The molecule has 21 heavy (non-hydrogen) atoms. The minimum absolute atomic E-state index is 0.162. The Hall–Kier alpha value is -0.950. The van der Waals surface area contributed by atoms with Gasteiger partial charge >= 0.3 is 0 Å². The third kappa shape index (κ3) is 4.78. The molecule has 0 aliphatic heterocycles. The number of sulfonamides is 1. The van der Waals surface area contributed by atoms with Gasteiger partial charge in [0.05, 0.1) is 16.5 Å². The van der Waals surface area contributed by atoms with E-state index in [1.165, 1.54) is 11.3 Å². The fourth-order valence-corrected chi connectivity index (χ4v) is 4.12. The van der Waals surface area contributed by atoms with Gasteiger partial charge in [-0.25, -0.2) is 18.1 Å². The summed E-state index contributed by atoms with van der Waals surface area (Å²) in [5.41, 5.74) is 1.77. The molecule has 0 saturated heterocycles. The molecule has 0 unspecified atom stereocenters. The monoisotopic (exact) mass is 344 g/mol. The molecule has 0 amide bonds. The van der Waals surface area contributed by atoms with Crippen LogP contribution in [0.5, 0.6) is 0 Å². The Kier molecular flexibility index (Phi) is 5.75. The van der Waals surface area contributed by atoms with E-state index in [2.05, 4.69) is 9.71 Å². The molecule has 7 heteroatoms. The van der Waals surface area contributed by atoms with E-state index in [4.69, 9.17) is 11.6 Å². The van der Waals surface area contributed by atoms with Crippen molar-refractivity contribution in [2.75, 3.05) is 12.3 Å². The van der Waals surface area contributed by atoms with Gasteiger partial charge in [-0.2, -0.15) is 0 Å². The zero-order valence-corrected chi connectivity index (χ0v) is 14.1. The van der Waals surface area contributed by atoms with Crippen molar-refractivity contribution in [2.45, 2.75) is 19.8 Å². The second-order valence-electron chi connectivity index (χ2n) is 4.59. The second-order valence-corrected chi connectivity index (χ2v) is 7.78. The van der Waals surface area contributed by atoms with Gasteiger partial charge < -0.3 is 0 Å².